The highest BCUT2D eigenvalue weighted by Crippen LogP contribution is 2.09. The molecule has 0 radical (unpaired) electrons. The lowest BCUT2D eigenvalue weighted by Crippen LogP contribution is -1.79. The molecule has 4 heteroatoms. The molecule has 0 saturated heterocycles. The Kier molecular flexibility index (Phi) is 2.89. The van der Waals surface area contributed by atoms with E-state index < -0.39 is 0 Å². The summed E-state index contributed by atoms with van der Waals surface area (Å²) in [5.41, 5.74) is 1.59. The lowest BCUT2D eigenvalue weighted by atomic mass is 10.5. The van der Waals surface area contributed by atoms with Gasteiger partial charge in [0.2, 0.25) is 0 Å². The third-order valence-electron chi connectivity index (χ3n) is 0.941. The van der Waals surface area contributed by atoms with Crippen LogP contribution in [-0.2, 0) is 5.75 Å². The van der Waals surface area contributed by atoms with Crippen molar-refractivity contribution in [1.82, 2.24) is 0 Å². The number of furan rings is 1. The van der Waals surface area contributed by atoms with Crippen molar-refractivity contribution >= 4 is 17.3 Å². The number of hydrogen-bond donors (Lipinski definition) is 1. The summed E-state index contributed by atoms with van der Waals surface area (Å²) >= 11 is 1.50. The van der Waals surface area contributed by atoms with Crippen LogP contribution in [-0.4, -0.2) is 5.55 Å². The quantitative estimate of drug-likeness (QED) is 0.311. The van der Waals surface area contributed by atoms with Gasteiger partial charge in [0, 0.05) is 0 Å². The van der Waals surface area contributed by atoms with E-state index in [4.69, 9.17) is 10.3 Å². The number of nitrogens with two attached hydrogens (primary N) is 1. The summed E-state index contributed by atoms with van der Waals surface area (Å²) in [7, 11) is 0. The Balaban J connectivity index is 2.28. The van der Waals surface area contributed by atoms with Gasteiger partial charge in [0.15, 0.2) is 0 Å². The van der Waals surface area contributed by atoms with Crippen molar-refractivity contribution < 1.29 is 4.42 Å². The predicted octanol–water partition coefficient (Wildman–Crippen LogP) is 1.41. The van der Waals surface area contributed by atoms with Gasteiger partial charge < -0.3 is 10.3 Å². The van der Waals surface area contributed by atoms with E-state index in [1.54, 1.807) is 11.8 Å². The average Bonchev–Trinajstić information content (AvgIpc) is 2.41. The van der Waals surface area contributed by atoms with E-state index in [1.165, 1.54) is 11.8 Å². The van der Waals surface area contributed by atoms with Gasteiger partial charge in [-0.3, -0.25) is 0 Å². The number of rotatable bonds is 3. The van der Waals surface area contributed by atoms with Gasteiger partial charge in [0.1, 0.15) is 5.76 Å². The summed E-state index contributed by atoms with van der Waals surface area (Å²) in [4.78, 5) is 0. The second-order valence-corrected chi connectivity index (χ2v) is 2.48. The topological polar surface area (TPSA) is 51.5 Å². The first kappa shape index (κ1) is 7.21. The number of hydrogen-bond acceptors (Lipinski definition) is 4. The molecule has 0 unspecified atom stereocenters. The molecule has 0 aliphatic carbocycles. The molecule has 0 spiro atoms. The molecule has 0 bridgehead atoms. The number of hydrazone groups is 1. The highest BCUT2D eigenvalue weighted by molar-refractivity contribution is 8.11. The van der Waals surface area contributed by atoms with E-state index in [0.717, 1.165) is 11.5 Å². The van der Waals surface area contributed by atoms with Crippen LogP contribution in [0.4, 0.5) is 0 Å². The van der Waals surface area contributed by atoms with Gasteiger partial charge in [-0.05, 0) is 12.1 Å². The van der Waals surface area contributed by atoms with Crippen LogP contribution >= 0.6 is 11.8 Å². The molecule has 0 aliphatic rings. The molecule has 0 atom stereocenters. The van der Waals surface area contributed by atoms with Crippen molar-refractivity contribution in [3.63, 3.8) is 0 Å². The Morgan fingerprint density at radius 2 is 2.70 bits per heavy atom. The van der Waals surface area contributed by atoms with Crippen molar-refractivity contribution in [1.29, 1.82) is 0 Å². The second-order valence-electron chi connectivity index (χ2n) is 1.64. The Morgan fingerprint density at radius 3 is 3.30 bits per heavy atom. The highest BCUT2D eigenvalue weighted by atomic mass is 32.2. The molecule has 1 aromatic rings. The van der Waals surface area contributed by atoms with Crippen molar-refractivity contribution in [3.8, 4) is 0 Å². The zero-order valence-electron chi connectivity index (χ0n) is 5.36. The van der Waals surface area contributed by atoms with Crippen molar-refractivity contribution in [2.24, 2.45) is 10.9 Å². The molecule has 3 nitrogen and oxygen atoms in total. The van der Waals surface area contributed by atoms with Crippen LogP contribution in [0.5, 0.6) is 0 Å². The van der Waals surface area contributed by atoms with Crippen LogP contribution in [0, 0.1) is 0 Å². The Labute approximate surface area is 63.3 Å². The van der Waals surface area contributed by atoms with Crippen LogP contribution in [0.1, 0.15) is 5.76 Å². The van der Waals surface area contributed by atoms with Crippen molar-refractivity contribution in [2.45, 2.75) is 5.75 Å². The summed E-state index contributed by atoms with van der Waals surface area (Å²) in [6.45, 7) is 0. The lowest BCUT2D eigenvalue weighted by Gasteiger charge is -1.87. The maximum atomic E-state index is 5.06. The average molecular weight is 156 g/mol. The van der Waals surface area contributed by atoms with E-state index in [9.17, 15) is 0 Å². The first-order chi connectivity index (χ1) is 4.93. The smallest absolute Gasteiger partial charge is 0.114 e. The van der Waals surface area contributed by atoms with E-state index in [0.29, 0.717) is 0 Å². The monoisotopic (exact) mass is 156 g/mol. The fraction of sp³-hybridized carbons (Fsp3) is 0.167. The van der Waals surface area contributed by atoms with Crippen LogP contribution in [0.25, 0.3) is 0 Å². The predicted molar refractivity (Wildman–Crippen MR) is 42.7 cm³/mol. The normalized spacial score (nSPS) is 10.8. The molecule has 0 aliphatic heterocycles. The lowest BCUT2D eigenvalue weighted by molar-refractivity contribution is 0.530. The fourth-order valence-corrected chi connectivity index (χ4v) is 1.05. The summed E-state index contributed by atoms with van der Waals surface area (Å²) in [6, 6.07) is 3.77. The van der Waals surface area contributed by atoms with Gasteiger partial charge in [-0.2, -0.15) is 5.10 Å². The number of nitrogens with zero attached hydrogens (tertiary/aromatic N) is 1. The maximum Gasteiger partial charge on any atom is 0.114 e. The summed E-state index contributed by atoms with van der Waals surface area (Å²) < 4.78 is 5.06. The highest BCUT2D eigenvalue weighted by Gasteiger charge is 1.91. The maximum absolute atomic E-state index is 5.06. The Hall–Kier alpha value is -0.900. The van der Waals surface area contributed by atoms with E-state index in [2.05, 4.69) is 5.10 Å². The molecule has 10 heavy (non-hydrogen) atoms. The minimum absolute atomic E-state index is 0.785. The largest absolute Gasteiger partial charge is 0.468 e. The SMILES string of the molecule is N/N=C/SCc1ccco1. The van der Waals surface area contributed by atoms with E-state index in [-0.39, 0.29) is 0 Å². The molecule has 0 aromatic carbocycles. The molecular weight excluding hydrogens is 148 g/mol. The first-order valence-corrected chi connectivity index (χ1v) is 3.84. The third kappa shape index (κ3) is 2.14. The molecule has 1 heterocycles. The van der Waals surface area contributed by atoms with Crippen molar-refractivity contribution in [3.05, 3.63) is 24.2 Å². The Bertz CT molecular complexity index is 196. The molecule has 2 N–H and O–H groups in total. The second kappa shape index (κ2) is 4.00. The summed E-state index contributed by atoms with van der Waals surface area (Å²) in [5, 5.41) is 3.33. The minimum Gasteiger partial charge on any atom is -0.468 e. The zero-order chi connectivity index (χ0) is 7.23. The molecule has 1 rings (SSSR count). The molecule has 0 amide bonds. The molecule has 0 saturated carbocycles. The van der Waals surface area contributed by atoms with Crippen LogP contribution < -0.4 is 5.84 Å². The van der Waals surface area contributed by atoms with Gasteiger partial charge >= 0.3 is 0 Å². The molecule has 1 aromatic heterocycles. The fourth-order valence-electron chi connectivity index (χ4n) is 0.557. The van der Waals surface area contributed by atoms with Crippen molar-refractivity contribution in [2.75, 3.05) is 0 Å². The minimum atomic E-state index is 0.785. The van der Waals surface area contributed by atoms with Gasteiger partial charge in [-0.1, -0.05) is 0 Å². The zero-order valence-corrected chi connectivity index (χ0v) is 6.17. The number of thioether (sulfide) groups is 1. The van der Waals surface area contributed by atoms with Crippen LogP contribution in [0.2, 0.25) is 0 Å². The summed E-state index contributed by atoms with van der Waals surface area (Å²) in [5.74, 6) is 6.61. The Morgan fingerprint density at radius 1 is 1.80 bits per heavy atom. The molecule has 54 valence electrons. The van der Waals surface area contributed by atoms with E-state index in [1.807, 2.05) is 12.1 Å². The summed E-state index contributed by atoms with van der Waals surface area (Å²) in [6.07, 6.45) is 1.65. The molecule has 0 fully saturated rings. The van der Waals surface area contributed by atoms with Crippen LogP contribution in [0.15, 0.2) is 27.9 Å². The third-order valence-corrected chi connectivity index (χ3v) is 1.66. The first-order valence-electron chi connectivity index (χ1n) is 2.79. The van der Waals surface area contributed by atoms with Crippen LogP contribution in [0.3, 0.4) is 0 Å². The van der Waals surface area contributed by atoms with Gasteiger partial charge in [0.25, 0.3) is 0 Å². The van der Waals surface area contributed by atoms with E-state index >= 15 is 0 Å². The van der Waals surface area contributed by atoms with Gasteiger partial charge in [-0.25, -0.2) is 0 Å². The van der Waals surface area contributed by atoms with Gasteiger partial charge in [-0.15, -0.1) is 11.8 Å². The van der Waals surface area contributed by atoms with Gasteiger partial charge in [0.05, 0.1) is 17.6 Å². The molecular formula is C6H8N2OS. The standard InChI is InChI=1S/C6H8N2OS/c7-8-5-10-4-6-2-1-3-9-6/h1-3,5H,4,7H2/b8-5+.